The van der Waals surface area contributed by atoms with Crippen molar-refractivity contribution in [2.75, 3.05) is 26.2 Å². The number of hydrogen-bond acceptors (Lipinski definition) is 4. The van der Waals surface area contributed by atoms with E-state index in [0.29, 0.717) is 0 Å². The van der Waals surface area contributed by atoms with Crippen LogP contribution < -0.4 is 14.4 Å². The molecule has 3 rings (SSSR count). The molecule has 0 N–H and O–H groups in total. The smallest absolute Gasteiger partial charge is 0.125 e. The highest BCUT2D eigenvalue weighted by molar-refractivity contribution is 5.62. The van der Waals surface area contributed by atoms with Gasteiger partial charge in [-0.15, -0.1) is 0 Å². The molecule has 0 bridgehead atoms. The zero-order valence-corrected chi connectivity index (χ0v) is 19.5. The first-order valence-electron chi connectivity index (χ1n) is 11.0. The highest BCUT2D eigenvalue weighted by atomic mass is 16.5. The fourth-order valence-electron chi connectivity index (χ4n) is 4.31. The van der Waals surface area contributed by atoms with E-state index in [2.05, 4.69) is 55.3 Å². The van der Waals surface area contributed by atoms with Crippen molar-refractivity contribution in [3.63, 3.8) is 0 Å². The second kappa shape index (κ2) is 10.9. The van der Waals surface area contributed by atoms with Gasteiger partial charge in [0.05, 0.1) is 19.8 Å². The van der Waals surface area contributed by atoms with E-state index in [0.717, 1.165) is 48.3 Å². The van der Waals surface area contributed by atoms with Crippen molar-refractivity contribution in [3.8, 4) is 11.5 Å². The average Bonchev–Trinajstić information content (AvgIpc) is 2.86. The summed E-state index contributed by atoms with van der Waals surface area (Å²) in [4.78, 5) is 14.7. The molecule has 2 atom stereocenters. The van der Waals surface area contributed by atoms with Gasteiger partial charge in [0.15, 0.2) is 0 Å². The number of carbonyl (C=O) groups is 1. The molecular weight excluding hydrogens is 398 g/mol. The Morgan fingerprint density at radius 2 is 1.44 bits per heavy atom. The van der Waals surface area contributed by atoms with Gasteiger partial charge in [0.25, 0.3) is 0 Å². The molecular formula is C28H33NO3. The average molecular weight is 432 g/mol. The van der Waals surface area contributed by atoms with Gasteiger partial charge in [0.1, 0.15) is 17.8 Å². The van der Waals surface area contributed by atoms with Crippen molar-refractivity contribution in [3.05, 3.63) is 90.0 Å². The highest BCUT2D eigenvalue weighted by Gasteiger charge is 2.39. The number of benzene rings is 3. The van der Waals surface area contributed by atoms with Crippen LogP contribution in [0.4, 0.5) is 5.69 Å². The second-order valence-corrected chi connectivity index (χ2v) is 8.25. The van der Waals surface area contributed by atoms with E-state index in [1.165, 1.54) is 5.56 Å². The van der Waals surface area contributed by atoms with E-state index in [1.807, 2.05) is 42.5 Å². The van der Waals surface area contributed by atoms with E-state index >= 15 is 0 Å². The lowest BCUT2D eigenvalue weighted by molar-refractivity contribution is -0.113. The van der Waals surface area contributed by atoms with Crippen LogP contribution in [0.25, 0.3) is 0 Å². The molecule has 0 aromatic heterocycles. The van der Waals surface area contributed by atoms with E-state index in [-0.39, 0.29) is 5.92 Å². The molecule has 0 radical (unpaired) electrons. The summed E-state index contributed by atoms with van der Waals surface area (Å²) in [5.74, 6) is 1.42. The monoisotopic (exact) mass is 431 g/mol. The summed E-state index contributed by atoms with van der Waals surface area (Å²) < 4.78 is 10.7. The maximum absolute atomic E-state index is 12.5. The third-order valence-electron chi connectivity index (χ3n) is 6.54. The molecule has 168 valence electrons. The van der Waals surface area contributed by atoms with E-state index < -0.39 is 5.54 Å². The van der Waals surface area contributed by atoms with Crippen LogP contribution in [0.5, 0.6) is 11.5 Å². The molecule has 4 heteroatoms. The summed E-state index contributed by atoms with van der Waals surface area (Å²) in [7, 11) is 5.38. The number of aldehydes is 1. The Kier molecular flexibility index (Phi) is 7.93. The van der Waals surface area contributed by atoms with Crippen molar-refractivity contribution < 1.29 is 14.3 Å². The number of carbonyl (C=O) groups excluding carboxylic acids is 1. The Hall–Kier alpha value is -3.27. The van der Waals surface area contributed by atoms with Crippen LogP contribution in [-0.4, -0.2) is 27.6 Å². The molecule has 3 aromatic carbocycles. The quantitative estimate of drug-likeness (QED) is 0.355. The van der Waals surface area contributed by atoms with Crippen LogP contribution in [0.3, 0.4) is 0 Å². The predicted molar refractivity (Wildman–Crippen MR) is 131 cm³/mol. The molecule has 0 amide bonds. The summed E-state index contributed by atoms with van der Waals surface area (Å²) in [6.07, 6.45) is 3.81. The van der Waals surface area contributed by atoms with Gasteiger partial charge >= 0.3 is 0 Å². The standard InChI is InChI=1S/C28H33NO3/c1-28(23-13-17-26(31-3)18-14-23,29(2)25-15-19-27(32-4)20-16-25)24(21-30)12-8-11-22-9-6-5-7-10-22/h5-7,9-10,13-21,24H,8,11-12H2,1-4H3/t24-,28?/m0/s1. The Labute approximate surface area is 191 Å². The summed E-state index contributed by atoms with van der Waals surface area (Å²) >= 11 is 0. The first-order valence-corrected chi connectivity index (χ1v) is 11.0. The molecule has 3 aromatic rings. The zero-order valence-electron chi connectivity index (χ0n) is 19.5. The lowest BCUT2D eigenvalue weighted by atomic mass is 9.76. The van der Waals surface area contributed by atoms with Crippen LogP contribution >= 0.6 is 0 Å². The van der Waals surface area contributed by atoms with Crippen LogP contribution in [0.2, 0.25) is 0 Å². The maximum Gasteiger partial charge on any atom is 0.125 e. The minimum atomic E-state index is -0.528. The molecule has 0 heterocycles. The van der Waals surface area contributed by atoms with Crippen molar-refractivity contribution in [1.29, 1.82) is 0 Å². The minimum Gasteiger partial charge on any atom is -0.497 e. The van der Waals surface area contributed by atoms with E-state index in [4.69, 9.17) is 9.47 Å². The Bertz CT molecular complexity index is 970. The first-order chi connectivity index (χ1) is 15.5. The molecule has 0 aliphatic rings. The fourth-order valence-corrected chi connectivity index (χ4v) is 4.31. The van der Waals surface area contributed by atoms with Gasteiger partial charge in [-0.1, -0.05) is 42.5 Å². The molecule has 0 aliphatic carbocycles. The third-order valence-corrected chi connectivity index (χ3v) is 6.54. The summed E-state index contributed by atoms with van der Waals surface area (Å²) in [6, 6.07) is 26.4. The predicted octanol–water partition coefficient (Wildman–Crippen LogP) is 5.89. The largest absolute Gasteiger partial charge is 0.497 e. The Morgan fingerprint density at radius 1 is 0.875 bits per heavy atom. The molecule has 0 fully saturated rings. The van der Waals surface area contributed by atoms with Gasteiger partial charge in [-0.25, -0.2) is 0 Å². The number of methoxy groups -OCH3 is 2. The number of anilines is 1. The van der Waals surface area contributed by atoms with Crippen LogP contribution in [0.15, 0.2) is 78.9 Å². The maximum atomic E-state index is 12.5. The lowest BCUT2D eigenvalue weighted by Crippen LogP contribution is -2.48. The Balaban J connectivity index is 1.92. The molecule has 1 unspecified atom stereocenters. The Morgan fingerprint density at radius 3 is 1.97 bits per heavy atom. The SMILES string of the molecule is COc1ccc(N(C)C(C)(c2ccc(OC)cc2)[C@H](C=O)CCCc2ccccc2)cc1. The second-order valence-electron chi connectivity index (χ2n) is 8.25. The van der Waals surface area contributed by atoms with E-state index in [9.17, 15) is 4.79 Å². The van der Waals surface area contributed by atoms with Crippen molar-refractivity contribution >= 4 is 12.0 Å². The zero-order chi connectivity index (χ0) is 23.0. The molecule has 32 heavy (non-hydrogen) atoms. The molecule has 0 saturated carbocycles. The molecule has 0 spiro atoms. The number of ether oxygens (including phenoxy) is 2. The lowest BCUT2D eigenvalue weighted by Gasteiger charge is -2.45. The van der Waals surface area contributed by atoms with Crippen molar-refractivity contribution in [2.24, 2.45) is 5.92 Å². The number of hydrogen-bond donors (Lipinski definition) is 0. The number of rotatable bonds is 11. The number of nitrogens with zero attached hydrogens (tertiary/aromatic N) is 1. The van der Waals surface area contributed by atoms with Crippen LogP contribution in [0.1, 0.15) is 30.9 Å². The van der Waals surface area contributed by atoms with Crippen LogP contribution in [-0.2, 0) is 16.8 Å². The molecule has 0 aliphatic heterocycles. The minimum absolute atomic E-state index is 0.188. The normalized spacial score (nSPS) is 13.6. The summed E-state index contributed by atoms with van der Waals surface area (Å²) in [6.45, 7) is 2.15. The van der Waals surface area contributed by atoms with Crippen molar-refractivity contribution in [2.45, 2.75) is 31.7 Å². The third kappa shape index (κ3) is 5.13. The molecule has 0 saturated heterocycles. The highest BCUT2D eigenvalue weighted by Crippen LogP contribution is 2.40. The van der Waals surface area contributed by atoms with Gasteiger partial charge in [-0.05, 0) is 73.7 Å². The van der Waals surface area contributed by atoms with E-state index in [1.54, 1.807) is 14.2 Å². The number of aryl methyl sites for hydroxylation is 1. The molecule has 4 nitrogen and oxygen atoms in total. The fraction of sp³-hybridized carbons (Fsp3) is 0.321. The first kappa shape index (κ1) is 23.4. The van der Waals surface area contributed by atoms with Gasteiger partial charge in [0, 0.05) is 18.7 Å². The van der Waals surface area contributed by atoms with Crippen LogP contribution in [0, 0.1) is 5.92 Å². The summed E-state index contributed by atoms with van der Waals surface area (Å²) in [5.41, 5.74) is 2.87. The summed E-state index contributed by atoms with van der Waals surface area (Å²) in [5, 5.41) is 0. The van der Waals surface area contributed by atoms with Crippen molar-refractivity contribution in [1.82, 2.24) is 0 Å². The van der Waals surface area contributed by atoms with Gasteiger partial charge < -0.3 is 19.2 Å². The van der Waals surface area contributed by atoms with Gasteiger partial charge in [-0.2, -0.15) is 0 Å². The van der Waals surface area contributed by atoms with Gasteiger partial charge in [-0.3, -0.25) is 0 Å². The van der Waals surface area contributed by atoms with Gasteiger partial charge in [0.2, 0.25) is 0 Å². The topological polar surface area (TPSA) is 38.8 Å².